The molecular formula is C24H39NO4. The van der Waals surface area contributed by atoms with Crippen LogP contribution in [0.2, 0.25) is 0 Å². The van der Waals surface area contributed by atoms with Gasteiger partial charge in [-0.2, -0.15) is 0 Å². The monoisotopic (exact) mass is 405 g/mol. The molecule has 3 saturated carbocycles. The number of aliphatic hydroxyl groups excluding tert-OH is 3. The number of fused-ring (bicyclic) bond motifs is 5. The molecule has 4 aliphatic rings. The summed E-state index contributed by atoms with van der Waals surface area (Å²) in [6, 6.07) is 0. The molecule has 29 heavy (non-hydrogen) atoms. The molecule has 0 aliphatic heterocycles. The maximum atomic E-state index is 11.5. The minimum atomic E-state index is -0.419. The van der Waals surface area contributed by atoms with Gasteiger partial charge in [-0.1, -0.05) is 32.9 Å². The third-order valence-corrected chi connectivity index (χ3v) is 9.90. The number of amides is 1. The van der Waals surface area contributed by atoms with Gasteiger partial charge in [0, 0.05) is 6.42 Å². The van der Waals surface area contributed by atoms with Crippen LogP contribution in [0.1, 0.15) is 65.7 Å². The van der Waals surface area contributed by atoms with Crippen LogP contribution in [-0.2, 0) is 4.79 Å². The molecule has 5 heteroatoms. The standard InChI is InChI=1S/C24H39NO4/c1-13(4-7-21(25)29)16-5-6-17-22-18(12-20(28)24(16,17)3)23(2)9-8-15(26)10-14(23)11-19(22)27/h8-9,13-20,22,26-28H,4-7,10-12H2,1-3H3,(H2,25,29)/t13-,14+,15-,16?,17+,18+,19-,20+,22+,23+,24-/m1/s1. The molecule has 5 N–H and O–H groups in total. The van der Waals surface area contributed by atoms with Gasteiger partial charge in [0.15, 0.2) is 0 Å². The largest absolute Gasteiger partial charge is 0.393 e. The lowest BCUT2D eigenvalue weighted by Gasteiger charge is -2.62. The topological polar surface area (TPSA) is 104 Å². The Bertz CT molecular complexity index is 680. The van der Waals surface area contributed by atoms with Crippen molar-refractivity contribution in [2.45, 2.75) is 84.0 Å². The van der Waals surface area contributed by atoms with E-state index in [2.05, 4.69) is 26.8 Å². The van der Waals surface area contributed by atoms with E-state index in [1.807, 2.05) is 6.08 Å². The van der Waals surface area contributed by atoms with E-state index in [-0.39, 0.29) is 40.6 Å². The van der Waals surface area contributed by atoms with Crippen LogP contribution in [0.25, 0.3) is 0 Å². The summed E-state index contributed by atoms with van der Waals surface area (Å²) in [5.41, 5.74) is 5.09. The quantitative estimate of drug-likeness (QED) is 0.540. The summed E-state index contributed by atoms with van der Waals surface area (Å²) in [5.74, 6) is 1.42. The summed E-state index contributed by atoms with van der Waals surface area (Å²) in [4.78, 5) is 11.3. The zero-order valence-corrected chi connectivity index (χ0v) is 18.1. The van der Waals surface area contributed by atoms with Crippen molar-refractivity contribution in [1.82, 2.24) is 0 Å². The van der Waals surface area contributed by atoms with Gasteiger partial charge in [-0.05, 0) is 84.9 Å². The van der Waals surface area contributed by atoms with Crippen LogP contribution in [0.5, 0.6) is 0 Å². The summed E-state index contributed by atoms with van der Waals surface area (Å²) >= 11 is 0. The molecule has 3 fully saturated rings. The molecule has 0 bridgehead atoms. The zero-order valence-electron chi connectivity index (χ0n) is 18.1. The highest BCUT2D eigenvalue weighted by molar-refractivity contribution is 5.73. The molecule has 164 valence electrons. The number of hydrogen-bond acceptors (Lipinski definition) is 4. The first-order valence-corrected chi connectivity index (χ1v) is 11.6. The first-order chi connectivity index (χ1) is 13.6. The molecule has 4 aliphatic carbocycles. The van der Waals surface area contributed by atoms with Gasteiger partial charge in [-0.3, -0.25) is 4.79 Å². The summed E-state index contributed by atoms with van der Waals surface area (Å²) < 4.78 is 0. The number of rotatable bonds is 4. The van der Waals surface area contributed by atoms with Crippen LogP contribution < -0.4 is 5.73 Å². The summed E-state index contributed by atoms with van der Waals surface area (Å²) in [6.45, 7) is 6.71. The zero-order chi connectivity index (χ0) is 21.1. The molecule has 5 nitrogen and oxygen atoms in total. The summed E-state index contributed by atoms with van der Waals surface area (Å²) in [6.07, 6.45) is 8.32. The number of carbonyl (C=O) groups is 1. The third-order valence-electron chi connectivity index (χ3n) is 9.90. The van der Waals surface area contributed by atoms with Crippen LogP contribution in [0.3, 0.4) is 0 Å². The van der Waals surface area contributed by atoms with Gasteiger partial charge in [-0.15, -0.1) is 0 Å². The van der Waals surface area contributed by atoms with Crippen LogP contribution in [0, 0.1) is 46.3 Å². The van der Waals surface area contributed by atoms with Crippen molar-refractivity contribution in [1.29, 1.82) is 0 Å². The van der Waals surface area contributed by atoms with Gasteiger partial charge in [0.2, 0.25) is 5.91 Å². The van der Waals surface area contributed by atoms with Crippen molar-refractivity contribution in [2.75, 3.05) is 0 Å². The van der Waals surface area contributed by atoms with Gasteiger partial charge in [-0.25, -0.2) is 0 Å². The maximum absolute atomic E-state index is 11.5. The Morgan fingerprint density at radius 1 is 1.14 bits per heavy atom. The number of hydrogen-bond donors (Lipinski definition) is 4. The molecule has 1 amide bonds. The molecule has 0 aromatic heterocycles. The lowest BCUT2D eigenvalue weighted by Crippen LogP contribution is -2.61. The Kier molecular flexibility index (Phi) is 5.40. The van der Waals surface area contributed by atoms with E-state index >= 15 is 0 Å². The van der Waals surface area contributed by atoms with Gasteiger partial charge < -0.3 is 21.1 Å². The predicted octanol–water partition coefficient (Wildman–Crippen LogP) is 2.63. The lowest BCUT2D eigenvalue weighted by atomic mass is 9.44. The normalized spacial score (nSPS) is 52.3. The second-order valence-corrected chi connectivity index (χ2v) is 11.1. The SMILES string of the molecule is C[C@H](CCC(N)=O)C1CC[C@H]2[C@@H]3[C@H](O)C[C@@H]4C[C@H](O)C=C[C@]4(C)[C@H]3C[C@H](O)[C@]12C. The number of nitrogens with two attached hydrogens (primary N) is 1. The van der Waals surface area contributed by atoms with Gasteiger partial charge in [0.1, 0.15) is 0 Å². The van der Waals surface area contributed by atoms with Crippen LogP contribution in [0.15, 0.2) is 12.2 Å². The summed E-state index contributed by atoms with van der Waals surface area (Å²) in [5, 5.41) is 32.8. The van der Waals surface area contributed by atoms with Crippen molar-refractivity contribution >= 4 is 5.91 Å². The Hall–Kier alpha value is -0.910. The smallest absolute Gasteiger partial charge is 0.217 e. The molecule has 0 saturated heterocycles. The molecule has 4 rings (SSSR count). The highest BCUT2D eigenvalue weighted by Gasteiger charge is 2.65. The molecule has 0 aromatic carbocycles. The number of allylic oxidation sites excluding steroid dienone is 1. The van der Waals surface area contributed by atoms with Crippen molar-refractivity contribution < 1.29 is 20.1 Å². The van der Waals surface area contributed by atoms with Crippen LogP contribution in [0.4, 0.5) is 0 Å². The Morgan fingerprint density at radius 2 is 1.86 bits per heavy atom. The first kappa shape index (κ1) is 21.3. The fourth-order valence-electron chi connectivity index (χ4n) is 8.27. The number of carbonyl (C=O) groups excluding carboxylic acids is 1. The average Bonchev–Trinajstić information content (AvgIpc) is 3.01. The van der Waals surface area contributed by atoms with Crippen molar-refractivity contribution in [2.24, 2.45) is 52.1 Å². The molecule has 0 aromatic rings. The first-order valence-electron chi connectivity index (χ1n) is 11.6. The number of primary amides is 1. The van der Waals surface area contributed by atoms with E-state index in [0.717, 1.165) is 25.7 Å². The molecule has 1 unspecified atom stereocenters. The highest BCUT2D eigenvalue weighted by Crippen LogP contribution is 2.67. The summed E-state index contributed by atoms with van der Waals surface area (Å²) in [7, 11) is 0. The van der Waals surface area contributed by atoms with Crippen LogP contribution >= 0.6 is 0 Å². The minimum Gasteiger partial charge on any atom is -0.393 e. The van der Waals surface area contributed by atoms with E-state index in [1.165, 1.54) is 0 Å². The van der Waals surface area contributed by atoms with Crippen molar-refractivity contribution in [3.05, 3.63) is 12.2 Å². The van der Waals surface area contributed by atoms with Crippen molar-refractivity contribution in [3.8, 4) is 0 Å². The minimum absolute atomic E-state index is 0.0683. The van der Waals surface area contributed by atoms with E-state index in [9.17, 15) is 20.1 Å². The fourth-order valence-corrected chi connectivity index (χ4v) is 8.27. The fraction of sp³-hybridized carbons (Fsp3) is 0.875. The third kappa shape index (κ3) is 3.19. The maximum Gasteiger partial charge on any atom is 0.217 e. The Labute approximate surface area is 174 Å². The molecule has 0 spiro atoms. The van der Waals surface area contributed by atoms with E-state index in [0.29, 0.717) is 37.0 Å². The second-order valence-electron chi connectivity index (χ2n) is 11.1. The van der Waals surface area contributed by atoms with E-state index < -0.39 is 12.2 Å². The Balaban J connectivity index is 1.63. The van der Waals surface area contributed by atoms with Crippen molar-refractivity contribution in [3.63, 3.8) is 0 Å². The van der Waals surface area contributed by atoms with E-state index in [1.54, 1.807) is 0 Å². The molecule has 0 radical (unpaired) electrons. The average molecular weight is 406 g/mol. The van der Waals surface area contributed by atoms with Gasteiger partial charge in [0.25, 0.3) is 0 Å². The highest BCUT2D eigenvalue weighted by atomic mass is 16.3. The van der Waals surface area contributed by atoms with Gasteiger partial charge >= 0.3 is 0 Å². The van der Waals surface area contributed by atoms with E-state index in [4.69, 9.17) is 5.73 Å². The molecule has 11 atom stereocenters. The number of aliphatic hydroxyl groups is 3. The Morgan fingerprint density at radius 3 is 2.55 bits per heavy atom. The van der Waals surface area contributed by atoms with Crippen LogP contribution in [-0.4, -0.2) is 39.5 Å². The lowest BCUT2D eigenvalue weighted by molar-refractivity contribution is -0.187. The second kappa shape index (κ2) is 7.35. The molecule has 0 heterocycles. The predicted molar refractivity (Wildman–Crippen MR) is 112 cm³/mol. The van der Waals surface area contributed by atoms with Gasteiger partial charge in [0.05, 0.1) is 18.3 Å². The molecular weight excluding hydrogens is 366 g/mol.